The second-order valence-corrected chi connectivity index (χ2v) is 7.12. The van der Waals surface area contributed by atoms with Gasteiger partial charge in [-0.25, -0.2) is 0 Å². The molecular formula is C19H26N4O. The topological polar surface area (TPSA) is 31.7 Å². The van der Waals surface area contributed by atoms with E-state index in [1.807, 2.05) is 4.90 Å². The summed E-state index contributed by atoms with van der Waals surface area (Å²) in [6, 6.07) is 10.7. The molecule has 1 aromatic carbocycles. The van der Waals surface area contributed by atoms with E-state index < -0.39 is 0 Å². The van der Waals surface area contributed by atoms with Crippen molar-refractivity contribution in [1.82, 2.24) is 19.3 Å². The Labute approximate surface area is 143 Å². The number of aromatic nitrogens is 1. The van der Waals surface area contributed by atoms with Gasteiger partial charge in [0.15, 0.2) is 0 Å². The molecule has 0 unspecified atom stereocenters. The third-order valence-corrected chi connectivity index (χ3v) is 5.60. The van der Waals surface area contributed by atoms with Crippen molar-refractivity contribution in [1.29, 1.82) is 0 Å². The van der Waals surface area contributed by atoms with Crippen LogP contribution in [0.15, 0.2) is 30.3 Å². The maximum absolute atomic E-state index is 13.0. The molecule has 0 radical (unpaired) electrons. The molecule has 4 rings (SSSR count). The minimum Gasteiger partial charge on any atom is -0.341 e. The van der Waals surface area contributed by atoms with Crippen molar-refractivity contribution in [3.8, 4) is 0 Å². The molecule has 5 heteroatoms. The second kappa shape index (κ2) is 6.22. The van der Waals surface area contributed by atoms with E-state index in [1.165, 1.54) is 16.6 Å². The summed E-state index contributed by atoms with van der Waals surface area (Å²) in [5.74, 6) is 0.274. The van der Waals surface area contributed by atoms with Gasteiger partial charge in [0.1, 0.15) is 0 Å². The molecule has 0 aliphatic carbocycles. The standard InChI is InChI=1S/C19H26N4O/c1-15(21-9-7-20(2)8-10-21)19(24)22-11-12-23-17(14-22)13-16-5-3-4-6-18(16)23/h3-6,13,15H,7-12,14H2,1-2H3/t15-/m0/s1. The van der Waals surface area contributed by atoms with Gasteiger partial charge in [0.2, 0.25) is 5.91 Å². The highest BCUT2D eigenvalue weighted by atomic mass is 16.2. The van der Waals surface area contributed by atoms with Crippen LogP contribution in [0.5, 0.6) is 0 Å². The maximum Gasteiger partial charge on any atom is 0.240 e. The Kier molecular flexibility index (Phi) is 4.06. The summed E-state index contributed by atoms with van der Waals surface area (Å²) in [4.78, 5) is 19.7. The summed E-state index contributed by atoms with van der Waals surface area (Å²) in [6.07, 6.45) is 0. The number of rotatable bonds is 2. The van der Waals surface area contributed by atoms with Crippen molar-refractivity contribution >= 4 is 16.8 Å². The number of carbonyl (C=O) groups excluding carboxylic acids is 1. The molecule has 128 valence electrons. The normalized spacial score (nSPS) is 21.0. The highest BCUT2D eigenvalue weighted by molar-refractivity contribution is 5.84. The first-order valence-corrected chi connectivity index (χ1v) is 8.92. The molecule has 0 bridgehead atoms. The first-order valence-electron chi connectivity index (χ1n) is 8.92. The lowest BCUT2D eigenvalue weighted by Crippen LogP contribution is -2.54. The van der Waals surface area contributed by atoms with Crippen LogP contribution in [0.2, 0.25) is 0 Å². The Bertz CT molecular complexity index is 745. The summed E-state index contributed by atoms with van der Waals surface area (Å²) in [5, 5.41) is 1.27. The Morgan fingerprint density at radius 3 is 2.58 bits per heavy atom. The van der Waals surface area contributed by atoms with Gasteiger partial charge >= 0.3 is 0 Å². The molecule has 0 saturated carbocycles. The van der Waals surface area contributed by atoms with E-state index in [2.05, 4.69) is 58.7 Å². The van der Waals surface area contributed by atoms with Crippen LogP contribution in [0.25, 0.3) is 10.9 Å². The number of para-hydroxylation sites is 1. The van der Waals surface area contributed by atoms with Crippen LogP contribution in [-0.2, 0) is 17.9 Å². The third kappa shape index (κ3) is 2.72. The first kappa shape index (κ1) is 15.7. The summed E-state index contributed by atoms with van der Waals surface area (Å²) in [6.45, 7) is 8.56. The lowest BCUT2D eigenvalue weighted by Gasteiger charge is -2.38. The molecule has 1 atom stereocenters. The first-order chi connectivity index (χ1) is 11.6. The zero-order valence-electron chi connectivity index (χ0n) is 14.6. The third-order valence-electron chi connectivity index (χ3n) is 5.60. The molecular weight excluding hydrogens is 300 g/mol. The van der Waals surface area contributed by atoms with Gasteiger partial charge in [-0.3, -0.25) is 9.69 Å². The number of benzene rings is 1. The van der Waals surface area contributed by atoms with Crippen LogP contribution < -0.4 is 0 Å². The Hall–Kier alpha value is -1.85. The molecule has 24 heavy (non-hydrogen) atoms. The highest BCUT2D eigenvalue weighted by Crippen LogP contribution is 2.24. The van der Waals surface area contributed by atoms with E-state index >= 15 is 0 Å². The maximum atomic E-state index is 13.0. The zero-order valence-corrected chi connectivity index (χ0v) is 14.6. The lowest BCUT2D eigenvalue weighted by molar-refractivity contribution is -0.138. The van der Waals surface area contributed by atoms with Crippen LogP contribution >= 0.6 is 0 Å². The van der Waals surface area contributed by atoms with E-state index in [0.29, 0.717) is 0 Å². The van der Waals surface area contributed by atoms with Crippen LogP contribution in [0, 0.1) is 0 Å². The molecule has 0 spiro atoms. The van der Waals surface area contributed by atoms with Crippen molar-refractivity contribution in [2.45, 2.75) is 26.1 Å². The number of piperazine rings is 1. The Balaban J connectivity index is 1.48. The van der Waals surface area contributed by atoms with Crippen molar-refractivity contribution in [2.75, 3.05) is 39.8 Å². The Morgan fingerprint density at radius 2 is 1.79 bits per heavy atom. The highest BCUT2D eigenvalue weighted by Gasteiger charge is 2.30. The van der Waals surface area contributed by atoms with E-state index in [4.69, 9.17) is 0 Å². The van der Waals surface area contributed by atoms with Crippen LogP contribution in [0.1, 0.15) is 12.6 Å². The lowest BCUT2D eigenvalue weighted by atomic mass is 10.2. The number of carbonyl (C=O) groups is 1. The number of amides is 1. The van der Waals surface area contributed by atoms with Crippen LogP contribution in [-0.4, -0.2) is 71.0 Å². The van der Waals surface area contributed by atoms with Gasteiger partial charge in [-0.05, 0) is 31.5 Å². The van der Waals surface area contributed by atoms with Gasteiger partial charge in [0.25, 0.3) is 0 Å². The van der Waals surface area contributed by atoms with Gasteiger partial charge in [-0.2, -0.15) is 0 Å². The molecule has 3 heterocycles. The van der Waals surface area contributed by atoms with Crippen molar-refractivity contribution in [3.63, 3.8) is 0 Å². The molecule has 2 aliphatic rings. The zero-order chi connectivity index (χ0) is 16.7. The SMILES string of the molecule is C[C@@H](C(=O)N1CCn2c(cc3ccccc32)C1)N1CCN(C)CC1. The van der Waals surface area contributed by atoms with Gasteiger partial charge in [0.05, 0.1) is 12.6 Å². The fourth-order valence-electron chi connectivity index (χ4n) is 3.98. The van der Waals surface area contributed by atoms with E-state index in [1.54, 1.807) is 0 Å². The largest absolute Gasteiger partial charge is 0.341 e. The summed E-state index contributed by atoms with van der Waals surface area (Å²) < 4.78 is 2.36. The van der Waals surface area contributed by atoms with Crippen molar-refractivity contribution in [2.24, 2.45) is 0 Å². The van der Waals surface area contributed by atoms with Gasteiger partial charge < -0.3 is 14.4 Å². The minimum atomic E-state index is -0.0189. The van der Waals surface area contributed by atoms with Gasteiger partial charge in [-0.1, -0.05) is 18.2 Å². The number of hydrogen-bond acceptors (Lipinski definition) is 3. The fourth-order valence-corrected chi connectivity index (χ4v) is 3.98. The average molecular weight is 326 g/mol. The van der Waals surface area contributed by atoms with Gasteiger partial charge in [-0.15, -0.1) is 0 Å². The molecule has 0 N–H and O–H groups in total. The van der Waals surface area contributed by atoms with Crippen LogP contribution in [0.4, 0.5) is 0 Å². The van der Waals surface area contributed by atoms with E-state index in [0.717, 1.165) is 45.8 Å². The summed E-state index contributed by atoms with van der Waals surface area (Å²) in [7, 11) is 2.15. The molecule has 1 amide bonds. The summed E-state index contributed by atoms with van der Waals surface area (Å²) in [5.41, 5.74) is 2.54. The number of likely N-dealkylation sites (N-methyl/N-ethyl adjacent to an activating group) is 1. The molecule has 1 aromatic heterocycles. The minimum absolute atomic E-state index is 0.0189. The van der Waals surface area contributed by atoms with Crippen molar-refractivity contribution in [3.05, 3.63) is 36.0 Å². The molecule has 5 nitrogen and oxygen atoms in total. The molecule has 1 saturated heterocycles. The predicted octanol–water partition coefficient (Wildman–Crippen LogP) is 1.62. The van der Waals surface area contributed by atoms with Crippen LogP contribution in [0.3, 0.4) is 0 Å². The van der Waals surface area contributed by atoms with E-state index in [9.17, 15) is 4.79 Å². The Morgan fingerprint density at radius 1 is 1.04 bits per heavy atom. The van der Waals surface area contributed by atoms with E-state index in [-0.39, 0.29) is 11.9 Å². The quantitative estimate of drug-likeness (QED) is 0.840. The van der Waals surface area contributed by atoms with Crippen molar-refractivity contribution < 1.29 is 4.79 Å². The summed E-state index contributed by atoms with van der Waals surface area (Å²) >= 11 is 0. The monoisotopic (exact) mass is 326 g/mol. The number of nitrogens with zero attached hydrogens (tertiary/aromatic N) is 4. The van der Waals surface area contributed by atoms with Gasteiger partial charge in [0, 0.05) is 50.5 Å². The predicted molar refractivity (Wildman–Crippen MR) is 95.9 cm³/mol. The second-order valence-electron chi connectivity index (χ2n) is 7.12. The smallest absolute Gasteiger partial charge is 0.240 e. The number of fused-ring (bicyclic) bond motifs is 3. The molecule has 1 fully saturated rings. The fraction of sp³-hybridized carbons (Fsp3) is 0.526. The average Bonchev–Trinajstić information content (AvgIpc) is 2.99. The molecule has 2 aromatic rings. The molecule has 2 aliphatic heterocycles. The number of hydrogen-bond donors (Lipinski definition) is 0.